The van der Waals surface area contributed by atoms with Gasteiger partial charge in [0.1, 0.15) is 0 Å². The van der Waals surface area contributed by atoms with Crippen LogP contribution in [0.3, 0.4) is 0 Å². The van der Waals surface area contributed by atoms with Crippen LogP contribution in [0.25, 0.3) is 0 Å². The molecule has 0 atom stereocenters. The Morgan fingerprint density at radius 2 is 1.07 bits per heavy atom. The molecule has 154 valence electrons. The molecular formula is C22H36B2O4. The van der Waals surface area contributed by atoms with Crippen LogP contribution in [0.5, 0.6) is 0 Å². The van der Waals surface area contributed by atoms with Crippen molar-refractivity contribution in [2.24, 2.45) is 0 Å². The minimum absolute atomic E-state index is 0.0193. The van der Waals surface area contributed by atoms with E-state index in [-0.39, 0.29) is 42.4 Å². The van der Waals surface area contributed by atoms with Gasteiger partial charge in [0.15, 0.2) is 0 Å². The molecule has 0 spiro atoms. The first-order valence-corrected chi connectivity index (χ1v) is 10.6. The van der Waals surface area contributed by atoms with Gasteiger partial charge in [-0.2, -0.15) is 0 Å². The minimum Gasteiger partial charge on any atom is -0.403 e. The molecule has 2 aliphatic heterocycles. The van der Waals surface area contributed by atoms with E-state index < -0.39 is 0 Å². The predicted octanol–water partition coefficient (Wildman–Crippen LogP) is 5.10. The van der Waals surface area contributed by atoms with Gasteiger partial charge in [-0.05, 0) is 73.8 Å². The van der Waals surface area contributed by atoms with Crippen molar-refractivity contribution in [3.05, 3.63) is 35.9 Å². The lowest BCUT2D eigenvalue weighted by Gasteiger charge is -2.32. The maximum atomic E-state index is 6.40. The molecule has 0 unspecified atom stereocenters. The Kier molecular flexibility index (Phi) is 5.83. The fourth-order valence-corrected chi connectivity index (χ4v) is 3.71. The smallest absolute Gasteiger partial charge is 0.403 e. The summed E-state index contributed by atoms with van der Waals surface area (Å²) in [6.07, 6.45) is 2.97. The first-order valence-electron chi connectivity index (χ1n) is 10.6. The van der Waals surface area contributed by atoms with Crippen LogP contribution < -0.4 is 0 Å². The Morgan fingerprint density at radius 1 is 0.679 bits per heavy atom. The SMILES string of the molecule is CC1(C)OB(C(CCCc2ccccc2)B2OC(C)(C)C(C)(C)O2)OC1(C)C. The van der Waals surface area contributed by atoms with Crippen molar-refractivity contribution in [2.45, 2.75) is 103 Å². The first-order chi connectivity index (χ1) is 12.8. The highest BCUT2D eigenvalue weighted by molar-refractivity contribution is 6.68. The Balaban J connectivity index is 1.75. The molecule has 3 rings (SSSR count). The molecule has 0 saturated carbocycles. The standard InChI is InChI=1S/C22H36B2O4/c1-19(2)20(3,4)26-23(25-19)18(16-12-15-17-13-10-9-11-14-17)24-27-21(5,6)22(7,8)28-24/h9-11,13-14,18H,12,15-16H2,1-8H3. The summed E-state index contributed by atoms with van der Waals surface area (Å²) in [5.74, 6) is 0. The monoisotopic (exact) mass is 386 g/mol. The fraction of sp³-hybridized carbons (Fsp3) is 0.727. The molecule has 0 aliphatic carbocycles. The highest BCUT2D eigenvalue weighted by Gasteiger charge is 2.61. The van der Waals surface area contributed by atoms with Gasteiger partial charge in [-0.3, -0.25) is 0 Å². The minimum atomic E-state index is -0.362. The van der Waals surface area contributed by atoms with E-state index in [4.69, 9.17) is 18.6 Å². The number of aryl methyl sites for hydroxylation is 1. The predicted molar refractivity (Wildman–Crippen MR) is 115 cm³/mol. The summed E-state index contributed by atoms with van der Waals surface area (Å²) in [4.78, 5) is 0. The zero-order chi connectivity index (χ0) is 20.8. The van der Waals surface area contributed by atoms with E-state index in [1.807, 2.05) is 0 Å². The van der Waals surface area contributed by atoms with Crippen LogP contribution in [0.15, 0.2) is 30.3 Å². The van der Waals surface area contributed by atoms with Crippen LogP contribution in [0, 0.1) is 0 Å². The topological polar surface area (TPSA) is 36.9 Å². The Hall–Kier alpha value is -0.810. The Labute approximate surface area is 171 Å². The zero-order valence-corrected chi connectivity index (χ0v) is 18.9. The molecule has 0 N–H and O–H groups in total. The summed E-state index contributed by atoms with van der Waals surface area (Å²) < 4.78 is 25.6. The van der Waals surface area contributed by atoms with Gasteiger partial charge in [-0.25, -0.2) is 0 Å². The van der Waals surface area contributed by atoms with Crippen LogP contribution in [0.4, 0.5) is 0 Å². The van der Waals surface area contributed by atoms with E-state index in [2.05, 4.69) is 85.7 Å². The van der Waals surface area contributed by atoms with Gasteiger partial charge in [0.05, 0.1) is 22.4 Å². The second-order valence-electron chi connectivity index (χ2n) is 10.3. The lowest BCUT2D eigenvalue weighted by atomic mass is 9.50. The summed E-state index contributed by atoms with van der Waals surface area (Å²) in [6.45, 7) is 16.8. The second kappa shape index (κ2) is 7.46. The van der Waals surface area contributed by atoms with E-state index in [0.29, 0.717) is 0 Å². The molecule has 2 aliphatic rings. The van der Waals surface area contributed by atoms with E-state index >= 15 is 0 Å². The maximum Gasteiger partial charge on any atom is 0.458 e. The summed E-state index contributed by atoms with van der Waals surface area (Å²) in [6, 6.07) is 10.6. The van der Waals surface area contributed by atoms with E-state index in [9.17, 15) is 0 Å². The van der Waals surface area contributed by atoms with Gasteiger partial charge >= 0.3 is 14.2 Å². The largest absolute Gasteiger partial charge is 0.458 e. The quantitative estimate of drug-likeness (QED) is 0.638. The maximum absolute atomic E-state index is 6.40. The fourth-order valence-electron chi connectivity index (χ4n) is 3.71. The molecule has 0 radical (unpaired) electrons. The number of rotatable bonds is 6. The van der Waals surface area contributed by atoms with Gasteiger partial charge in [0.2, 0.25) is 0 Å². The first kappa shape index (κ1) is 21.9. The second-order valence-corrected chi connectivity index (χ2v) is 10.3. The lowest BCUT2D eigenvalue weighted by molar-refractivity contribution is 0.00578. The molecule has 2 heterocycles. The van der Waals surface area contributed by atoms with Crippen LogP contribution in [-0.2, 0) is 25.0 Å². The van der Waals surface area contributed by atoms with Crippen molar-refractivity contribution in [1.82, 2.24) is 0 Å². The van der Waals surface area contributed by atoms with E-state index in [1.54, 1.807) is 0 Å². The number of hydrogen-bond acceptors (Lipinski definition) is 4. The molecule has 2 fully saturated rings. The molecule has 0 bridgehead atoms. The summed E-state index contributed by atoms with van der Waals surface area (Å²) in [7, 11) is -0.675. The number of hydrogen-bond donors (Lipinski definition) is 0. The number of benzene rings is 1. The molecular weight excluding hydrogens is 350 g/mol. The zero-order valence-electron chi connectivity index (χ0n) is 18.9. The van der Waals surface area contributed by atoms with Crippen molar-refractivity contribution in [3.8, 4) is 0 Å². The molecule has 4 nitrogen and oxygen atoms in total. The van der Waals surface area contributed by atoms with Crippen molar-refractivity contribution in [2.75, 3.05) is 0 Å². The molecule has 1 aromatic carbocycles. The van der Waals surface area contributed by atoms with Crippen LogP contribution >= 0.6 is 0 Å². The van der Waals surface area contributed by atoms with Crippen LogP contribution in [0.1, 0.15) is 73.8 Å². The average Bonchev–Trinajstić information content (AvgIpc) is 2.91. The summed E-state index contributed by atoms with van der Waals surface area (Å²) in [5, 5.41) is 0. The third kappa shape index (κ3) is 4.21. The van der Waals surface area contributed by atoms with E-state index in [1.165, 1.54) is 5.56 Å². The Morgan fingerprint density at radius 3 is 1.46 bits per heavy atom. The van der Waals surface area contributed by atoms with Crippen LogP contribution in [0.2, 0.25) is 5.72 Å². The lowest BCUT2D eigenvalue weighted by Crippen LogP contribution is -2.41. The normalized spacial score (nSPS) is 24.9. The van der Waals surface area contributed by atoms with Crippen molar-refractivity contribution in [3.63, 3.8) is 0 Å². The van der Waals surface area contributed by atoms with Crippen molar-refractivity contribution >= 4 is 14.2 Å². The highest BCUT2D eigenvalue weighted by Crippen LogP contribution is 2.46. The molecule has 1 aromatic rings. The molecule has 6 heteroatoms. The molecule has 0 amide bonds. The Bertz CT molecular complexity index is 604. The van der Waals surface area contributed by atoms with Gasteiger partial charge in [-0.1, -0.05) is 36.8 Å². The summed E-state index contributed by atoms with van der Waals surface area (Å²) in [5.41, 5.74) is -0.0782. The van der Waals surface area contributed by atoms with Gasteiger partial charge in [-0.15, -0.1) is 0 Å². The third-order valence-electron chi connectivity index (χ3n) is 7.09. The van der Waals surface area contributed by atoms with Gasteiger partial charge in [0, 0.05) is 5.72 Å². The van der Waals surface area contributed by atoms with E-state index in [0.717, 1.165) is 19.3 Å². The van der Waals surface area contributed by atoms with Crippen molar-refractivity contribution in [1.29, 1.82) is 0 Å². The summed E-state index contributed by atoms with van der Waals surface area (Å²) >= 11 is 0. The molecule has 28 heavy (non-hydrogen) atoms. The molecule has 2 saturated heterocycles. The van der Waals surface area contributed by atoms with Crippen molar-refractivity contribution < 1.29 is 18.6 Å². The molecule has 0 aromatic heterocycles. The van der Waals surface area contributed by atoms with Gasteiger partial charge < -0.3 is 18.6 Å². The average molecular weight is 386 g/mol. The van der Waals surface area contributed by atoms with Gasteiger partial charge in [0.25, 0.3) is 0 Å². The van der Waals surface area contributed by atoms with Crippen LogP contribution in [-0.4, -0.2) is 36.6 Å². The highest BCUT2D eigenvalue weighted by atomic mass is 16.7. The third-order valence-corrected chi connectivity index (χ3v) is 7.09.